The number of hydrogen-bond donors (Lipinski definition) is 1. The van der Waals surface area contributed by atoms with Crippen molar-refractivity contribution < 1.29 is 27.4 Å². The zero-order valence-corrected chi connectivity index (χ0v) is 15.7. The first-order valence-electron chi connectivity index (χ1n) is 8.02. The monoisotopic (exact) mass is 373 g/mol. The highest BCUT2D eigenvalue weighted by molar-refractivity contribution is 7.90. The molecule has 140 valence electrons. The van der Waals surface area contributed by atoms with Gasteiger partial charge in [-0.25, -0.2) is 17.6 Å². The predicted molar refractivity (Wildman–Crippen MR) is 90.4 cm³/mol. The second-order valence-corrected chi connectivity index (χ2v) is 9.46. The number of sulfone groups is 1. The van der Waals surface area contributed by atoms with Crippen LogP contribution in [-0.2, 0) is 20.2 Å². The number of halogens is 1. The summed E-state index contributed by atoms with van der Waals surface area (Å²) < 4.78 is 42.5. The number of aliphatic hydroxyl groups is 1. The molecular formula is C17H24FNO5S. The summed E-state index contributed by atoms with van der Waals surface area (Å²) in [5.74, 6) is -0.721. The van der Waals surface area contributed by atoms with Gasteiger partial charge in [0.1, 0.15) is 11.4 Å². The fourth-order valence-electron chi connectivity index (χ4n) is 2.72. The summed E-state index contributed by atoms with van der Waals surface area (Å²) in [4.78, 5) is 13.4. The normalized spacial score (nSPS) is 18.1. The summed E-state index contributed by atoms with van der Waals surface area (Å²) in [5.41, 5.74) is -1.80. The molecule has 2 rings (SSSR count). The van der Waals surface area contributed by atoms with E-state index >= 15 is 0 Å². The molecule has 0 atom stereocenters. The first kappa shape index (κ1) is 19.7. The zero-order chi connectivity index (χ0) is 19.0. The number of benzene rings is 1. The van der Waals surface area contributed by atoms with Gasteiger partial charge in [-0.3, -0.25) is 0 Å². The molecule has 1 aromatic carbocycles. The summed E-state index contributed by atoms with van der Waals surface area (Å²) >= 11 is 0. The van der Waals surface area contributed by atoms with Crippen LogP contribution in [0.1, 0.15) is 39.2 Å². The Labute approximate surface area is 147 Å². The van der Waals surface area contributed by atoms with Crippen molar-refractivity contribution in [2.45, 2.75) is 49.7 Å². The maximum Gasteiger partial charge on any atom is 0.410 e. The standard InChI is InChI=1S/C17H24FNO5S/c1-16(2,3)24-15(20)19-7-5-17(21,6-8-19)12-9-13(18)11-14(10-12)25(4,22)23/h9-11,21H,5-8H2,1-4H3. The minimum atomic E-state index is -3.59. The molecule has 8 heteroatoms. The average molecular weight is 373 g/mol. The number of carbonyl (C=O) groups excluding carboxylic acids is 1. The third-order valence-electron chi connectivity index (χ3n) is 4.08. The van der Waals surface area contributed by atoms with E-state index in [2.05, 4.69) is 0 Å². The van der Waals surface area contributed by atoms with Crippen LogP contribution in [0.5, 0.6) is 0 Å². The summed E-state index contributed by atoms with van der Waals surface area (Å²) in [6.07, 6.45) is 0.851. The number of ether oxygens (including phenoxy) is 1. The molecular weight excluding hydrogens is 349 g/mol. The smallest absolute Gasteiger partial charge is 0.410 e. The summed E-state index contributed by atoms with van der Waals surface area (Å²) in [7, 11) is -3.59. The Morgan fingerprint density at radius 2 is 1.80 bits per heavy atom. The van der Waals surface area contributed by atoms with Crippen LogP contribution in [-0.4, -0.2) is 49.5 Å². The predicted octanol–water partition coefficient (Wildman–Crippen LogP) is 2.45. The van der Waals surface area contributed by atoms with Crippen molar-refractivity contribution in [3.05, 3.63) is 29.6 Å². The van der Waals surface area contributed by atoms with Crippen molar-refractivity contribution in [1.82, 2.24) is 4.90 Å². The maximum absolute atomic E-state index is 13.8. The molecule has 0 radical (unpaired) electrons. The van der Waals surface area contributed by atoms with E-state index in [0.717, 1.165) is 18.4 Å². The van der Waals surface area contributed by atoms with Gasteiger partial charge in [-0.05, 0) is 57.4 Å². The van der Waals surface area contributed by atoms with Crippen LogP contribution in [0.25, 0.3) is 0 Å². The number of carbonyl (C=O) groups is 1. The first-order valence-corrected chi connectivity index (χ1v) is 9.91. The molecule has 1 heterocycles. The molecule has 6 nitrogen and oxygen atoms in total. The fraction of sp³-hybridized carbons (Fsp3) is 0.588. The molecule has 0 spiro atoms. The minimum Gasteiger partial charge on any atom is -0.444 e. The lowest BCUT2D eigenvalue weighted by Crippen LogP contribution is -2.46. The van der Waals surface area contributed by atoms with Gasteiger partial charge in [0.15, 0.2) is 9.84 Å². The van der Waals surface area contributed by atoms with Crippen LogP contribution < -0.4 is 0 Å². The van der Waals surface area contributed by atoms with Gasteiger partial charge in [0.2, 0.25) is 0 Å². The van der Waals surface area contributed by atoms with Crippen molar-refractivity contribution in [3.8, 4) is 0 Å². The van der Waals surface area contributed by atoms with Crippen molar-refractivity contribution >= 4 is 15.9 Å². The average Bonchev–Trinajstić information content (AvgIpc) is 2.44. The van der Waals surface area contributed by atoms with Crippen molar-refractivity contribution in [3.63, 3.8) is 0 Å². The number of likely N-dealkylation sites (tertiary alicyclic amines) is 1. The molecule has 0 aromatic heterocycles. The van der Waals surface area contributed by atoms with Crippen LogP contribution in [0.2, 0.25) is 0 Å². The van der Waals surface area contributed by atoms with Gasteiger partial charge in [0.05, 0.1) is 10.5 Å². The lowest BCUT2D eigenvalue weighted by atomic mass is 9.84. The molecule has 25 heavy (non-hydrogen) atoms. The molecule has 1 aliphatic rings. The Kier molecular flexibility index (Phi) is 5.16. The second-order valence-electron chi connectivity index (χ2n) is 7.45. The number of hydrogen-bond acceptors (Lipinski definition) is 5. The van der Waals surface area contributed by atoms with Gasteiger partial charge in [-0.15, -0.1) is 0 Å². The highest BCUT2D eigenvalue weighted by Crippen LogP contribution is 2.34. The van der Waals surface area contributed by atoms with Crippen LogP contribution in [0.15, 0.2) is 23.1 Å². The maximum atomic E-state index is 13.8. The van der Waals surface area contributed by atoms with E-state index in [0.29, 0.717) is 0 Å². The summed E-state index contributed by atoms with van der Waals surface area (Å²) in [5, 5.41) is 10.8. The Morgan fingerprint density at radius 3 is 2.28 bits per heavy atom. The lowest BCUT2D eigenvalue weighted by molar-refractivity contribution is -0.0359. The Morgan fingerprint density at radius 1 is 1.24 bits per heavy atom. The minimum absolute atomic E-state index is 0.166. The highest BCUT2D eigenvalue weighted by Gasteiger charge is 2.37. The van der Waals surface area contributed by atoms with E-state index in [1.165, 1.54) is 11.0 Å². The van der Waals surface area contributed by atoms with Gasteiger partial charge in [-0.1, -0.05) is 0 Å². The topological polar surface area (TPSA) is 83.9 Å². The van der Waals surface area contributed by atoms with Gasteiger partial charge >= 0.3 is 6.09 Å². The lowest BCUT2D eigenvalue weighted by Gasteiger charge is -2.39. The molecule has 0 bridgehead atoms. The molecule has 1 amide bonds. The number of amides is 1. The quantitative estimate of drug-likeness (QED) is 0.861. The van der Waals surface area contributed by atoms with E-state index in [4.69, 9.17) is 4.74 Å². The number of nitrogens with zero attached hydrogens (tertiary/aromatic N) is 1. The zero-order valence-electron chi connectivity index (χ0n) is 14.9. The van der Waals surface area contributed by atoms with E-state index in [1.54, 1.807) is 20.8 Å². The molecule has 0 aliphatic carbocycles. The Hall–Kier alpha value is -1.67. The molecule has 1 aliphatic heterocycles. The number of piperidine rings is 1. The van der Waals surface area contributed by atoms with Gasteiger partial charge in [-0.2, -0.15) is 0 Å². The van der Waals surface area contributed by atoms with Crippen LogP contribution in [0.3, 0.4) is 0 Å². The van der Waals surface area contributed by atoms with Crippen LogP contribution in [0, 0.1) is 5.82 Å². The van der Waals surface area contributed by atoms with E-state index < -0.39 is 32.9 Å². The Balaban J connectivity index is 2.18. The SMILES string of the molecule is CC(C)(C)OC(=O)N1CCC(O)(c2cc(F)cc(S(C)(=O)=O)c2)CC1. The summed E-state index contributed by atoms with van der Waals surface area (Å²) in [6.45, 7) is 5.77. The number of rotatable bonds is 2. The largest absolute Gasteiger partial charge is 0.444 e. The van der Waals surface area contributed by atoms with Crippen molar-refractivity contribution in [2.24, 2.45) is 0 Å². The van der Waals surface area contributed by atoms with Gasteiger partial charge in [0, 0.05) is 19.3 Å². The Bertz CT molecular complexity index is 762. The van der Waals surface area contributed by atoms with E-state index in [-0.39, 0.29) is 36.4 Å². The first-order chi connectivity index (χ1) is 11.3. The van der Waals surface area contributed by atoms with Crippen molar-refractivity contribution in [1.29, 1.82) is 0 Å². The van der Waals surface area contributed by atoms with Crippen molar-refractivity contribution in [2.75, 3.05) is 19.3 Å². The molecule has 1 aromatic rings. The molecule has 1 N–H and O–H groups in total. The molecule has 0 unspecified atom stereocenters. The third kappa shape index (κ3) is 4.92. The van der Waals surface area contributed by atoms with E-state index in [1.807, 2.05) is 0 Å². The second kappa shape index (κ2) is 6.57. The van der Waals surface area contributed by atoms with Gasteiger partial charge < -0.3 is 14.7 Å². The van der Waals surface area contributed by atoms with Gasteiger partial charge in [0.25, 0.3) is 0 Å². The summed E-state index contributed by atoms with van der Waals surface area (Å²) in [6, 6.07) is 3.36. The van der Waals surface area contributed by atoms with Crippen LogP contribution >= 0.6 is 0 Å². The molecule has 0 saturated carbocycles. The van der Waals surface area contributed by atoms with Crippen LogP contribution in [0.4, 0.5) is 9.18 Å². The van der Waals surface area contributed by atoms with E-state index in [9.17, 15) is 22.7 Å². The molecule has 1 fully saturated rings. The fourth-order valence-corrected chi connectivity index (χ4v) is 3.39. The molecule has 1 saturated heterocycles. The highest BCUT2D eigenvalue weighted by atomic mass is 32.2. The third-order valence-corrected chi connectivity index (χ3v) is 5.17.